The molecule has 2 aromatic rings. The first kappa shape index (κ1) is 27.1. The van der Waals surface area contributed by atoms with Crippen LogP contribution < -0.4 is 14.4 Å². The summed E-state index contributed by atoms with van der Waals surface area (Å²) in [5.74, 6) is 0.00581. The minimum absolute atomic E-state index is 0.00691. The van der Waals surface area contributed by atoms with Gasteiger partial charge in [0.1, 0.15) is 5.75 Å². The molecule has 1 N–H and O–H groups in total. The summed E-state index contributed by atoms with van der Waals surface area (Å²) < 4.78 is 71.6. The summed E-state index contributed by atoms with van der Waals surface area (Å²) in [6, 6.07) is 9.11. The monoisotopic (exact) mass is 533 g/mol. The van der Waals surface area contributed by atoms with E-state index in [-0.39, 0.29) is 40.6 Å². The first-order valence-electron chi connectivity index (χ1n) is 11.0. The van der Waals surface area contributed by atoms with Gasteiger partial charge >= 0.3 is 6.18 Å². The Hall–Kier alpha value is -2.50. The Morgan fingerprint density at radius 3 is 2.40 bits per heavy atom. The topological polar surface area (TPSA) is 78.9 Å². The van der Waals surface area contributed by atoms with E-state index in [1.165, 1.54) is 24.3 Å². The second-order valence-corrected chi connectivity index (χ2v) is 10.7. The van der Waals surface area contributed by atoms with Gasteiger partial charge in [-0.05, 0) is 42.3 Å². The number of alkyl halides is 3. The van der Waals surface area contributed by atoms with Gasteiger partial charge in [-0.2, -0.15) is 13.2 Å². The number of hydrogen-bond donors (Lipinski definition) is 1. The standard InChI is InChI=1S/C23H27ClF3N3O4S/c1-16(2)14-28-35(32,33)19-6-7-21(20(24)13-19)34-15-22(31)30-10-8-29(9-11-30)18-5-3-4-17(12-18)23(25,26)27/h3-7,12-13,16,28H,8-11,14-15H2,1-2H3. The highest BCUT2D eigenvalue weighted by Crippen LogP contribution is 2.32. The average Bonchev–Trinajstić information content (AvgIpc) is 2.81. The van der Waals surface area contributed by atoms with Crippen molar-refractivity contribution in [2.75, 3.05) is 44.2 Å². The number of nitrogens with one attached hydrogen (secondary N) is 1. The molecule has 1 amide bonds. The van der Waals surface area contributed by atoms with Gasteiger partial charge in [-0.15, -0.1) is 0 Å². The molecule has 1 heterocycles. The Balaban J connectivity index is 1.54. The molecule has 1 fully saturated rings. The maximum absolute atomic E-state index is 13.0. The fourth-order valence-corrected chi connectivity index (χ4v) is 4.99. The highest BCUT2D eigenvalue weighted by molar-refractivity contribution is 7.89. The zero-order valence-corrected chi connectivity index (χ0v) is 20.9. The first-order valence-corrected chi connectivity index (χ1v) is 12.8. The molecule has 0 aliphatic carbocycles. The molecule has 192 valence electrons. The number of carbonyl (C=O) groups is 1. The lowest BCUT2D eigenvalue weighted by atomic mass is 10.1. The quantitative estimate of drug-likeness (QED) is 0.554. The molecular formula is C23H27ClF3N3O4S. The van der Waals surface area contributed by atoms with Crippen molar-refractivity contribution < 1.29 is 31.1 Å². The van der Waals surface area contributed by atoms with Crippen LogP contribution in [-0.4, -0.2) is 58.6 Å². The third-order valence-electron chi connectivity index (χ3n) is 5.42. The number of hydrogen-bond acceptors (Lipinski definition) is 5. The van der Waals surface area contributed by atoms with Gasteiger partial charge in [-0.3, -0.25) is 4.79 Å². The van der Waals surface area contributed by atoms with Crippen LogP contribution in [0, 0.1) is 5.92 Å². The summed E-state index contributed by atoms with van der Waals surface area (Å²) in [4.78, 5) is 15.9. The fraction of sp³-hybridized carbons (Fsp3) is 0.435. The van der Waals surface area contributed by atoms with Gasteiger partial charge in [-0.1, -0.05) is 31.5 Å². The zero-order chi connectivity index (χ0) is 25.8. The third kappa shape index (κ3) is 7.25. The predicted molar refractivity (Wildman–Crippen MR) is 127 cm³/mol. The maximum atomic E-state index is 13.0. The molecule has 3 rings (SSSR count). The number of rotatable bonds is 8. The van der Waals surface area contributed by atoms with Crippen molar-refractivity contribution in [2.24, 2.45) is 5.92 Å². The average molecular weight is 534 g/mol. The summed E-state index contributed by atoms with van der Waals surface area (Å²) >= 11 is 6.17. The number of sulfonamides is 1. The highest BCUT2D eigenvalue weighted by atomic mass is 35.5. The number of halogens is 4. The van der Waals surface area contributed by atoms with Crippen LogP contribution in [0.15, 0.2) is 47.4 Å². The fourth-order valence-electron chi connectivity index (χ4n) is 3.45. The lowest BCUT2D eigenvalue weighted by Crippen LogP contribution is -2.50. The van der Waals surface area contributed by atoms with Crippen LogP contribution in [0.25, 0.3) is 0 Å². The summed E-state index contributed by atoms with van der Waals surface area (Å²) in [5, 5.41) is 0.0552. The minimum atomic E-state index is -4.42. The van der Waals surface area contributed by atoms with Gasteiger partial charge < -0.3 is 14.5 Å². The molecule has 7 nitrogen and oxygen atoms in total. The Labute approximate surface area is 207 Å². The van der Waals surface area contributed by atoms with Gasteiger partial charge in [0.15, 0.2) is 6.61 Å². The number of amides is 1. The molecule has 0 aromatic heterocycles. The normalized spacial score (nSPS) is 14.9. The smallest absolute Gasteiger partial charge is 0.416 e. The van der Waals surface area contributed by atoms with Crippen molar-refractivity contribution in [3.05, 3.63) is 53.1 Å². The van der Waals surface area contributed by atoms with Crippen molar-refractivity contribution in [3.63, 3.8) is 0 Å². The van der Waals surface area contributed by atoms with Gasteiger partial charge in [0.05, 0.1) is 15.5 Å². The number of ether oxygens (including phenoxy) is 1. The van der Waals surface area contributed by atoms with E-state index in [1.807, 2.05) is 13.8 Å². The van der Waals surface area contributed by atoms with Crippen LogP contribution in [0.2, 0.25) is 5.02 Å². The molecule has 0 unspecified atom stereocenters. The summed E-state index contributed by atoms with van der Waals surface area (Å²) in [6.07, 6.45) is -4.42. The molecule has 1 saturated heterocycles. The van der Waals surface area contributed by atoms with E-state index in [4.69, 9.17) is 16.3 Å². The molecule has 1 aliphatic rings. The maximum Gasteiger partial charge on any atom is 0.416 e. The van der Waals surface area contributed by atoms with E-state index in [0.717, 1.165) is 12.1 Å². The van der Waals surface area contributed by atoms with Gasteiger partial charge in [0.2, 0.25) is 10.0 Å². The molecule has 0 atom stereocenters. The SMILES string of the molecule is CC(C)CNS(=O)(=O)c1ccc(OCC(=O)N2CCN(c3cccc(C(F)(F)F)c3)CC2)c(Cl)c1. The van der Waals surface area contributed by atoms with Crippen LogP contribution >= 0.6 is 11.6 Å². The van der Waals surface area contributed by atoms with E-state index in [0.29, 0.717) is 31.9 Å². The van der Waals surface area contributed by atoms with E-state index in [2.05, 4.69) is 4.72 Å². The van der Waals surface area contributed by atoms with E-state index in [9.17, 15) is 26.4 Å². The number of piperazine rings is 1. The Morgan fingerprint density at radius 2 is 1.80 bits per heavy atom. The van der Waals surface area contributed by atoms with Crippen LogP contribution in [0.5, 0.6) is 5.75 Å². The van der Waals surface area contributed by atoms with Crippen LogP contribution in [0.4, 0.5) is 18.9 Å². The molecule has 0 spiro atoms. The predicted octanol–water partition coefficient (Wildman–Crippen LogP) is 4.02. The zero-order valence-electron chi connectivity index (χ0n) is 19.3. The Morgan fingerprint density at radius 1 is 1.11 bits per heavy atom. The summed E-state index contributed by atoms with van der Waals surface area (Å²) in [5.41, 5.74) is -0.263. The van der Waals surface area contributed by atoms with Gasteiger partial charge in [0, 0.05) is 38.4 Å². The van der Waals surface area contributed by atoms with Crippen molar-refractivity contribution in [3.8, 4) is 5.75 Å². The van der Waals surface area contributed by atoms with E-state index >= 15 is 0 Å². The highest BCUT2D eigenvalue weighted by Gasteiger charge is 2.31. The lowest BCUT2D eigenvalue weighted by molar-refractivity contribution is -0.137. The summed E-state index contributed by atoms with van der Waals surface area (Å²) in [6.45, 7) is 5.15. The van der Waals surface area contributed by atoms with Crippen molar-refractivity contribution >= 4 is 33.2 Å². The molecule has 0 bridgehead atoms. The number of benzene rings is 2. The van der Waals surface area contributed by atoms with Crippen molar-refractivity contribution in [1.82, 2.24) is 9.62 Å². The number of nitrogens with zero attached hydrogens (tertiary/aromatic N) is 2. The number of anilines is 1. The van der Waals surface area contributed by atoms with Gasteiger partial charge in [0.25, 0.3) is 5.91 Å². The first-order chi connectivity index (χ1) is 16.4. The van der Waals surface area contributed by atoms with Gasteiger partial charge in [-0.25, -0.2) is 13.1 Å². The van der Waals surface area contributed by atoms with E-state index in [1.54, 1.807) is 15.9 Å². The van der Waals surface area contributed by atoms with Crippen LogP contribution in [0.1, 0.15) is 19.4 Å². The second kappa shape index (κ2) is 11.0. The number of carbonyl (C=O) groups excluding carboxylic acids is 1. The largest absolute Gasteiger partial charge is 0.482 e. The molecular weight excluding hydrogens is 507 g/mol. The van der Waals surface area contributed by atoms with Crippen molar-refractivity contribution in [1.29, 1.82) is 0 Å². The Kier molecular flexibility index (Phi) is 8.55. The molecule has 35 heavy (non-hydrogen) atoms. The molecule has 0 saturated carbocycles. The third-order valence-corrected chi connectivity index (χ3v) is 7.13. The Bertz CT molecular complexity index is 1150. The molecule has 0 radical (unpaired) electrons. The minimum Gasteiger partial charge on any atom is -0.482 e. The molecule has 1 aliphatic heterocycles. The molecule has 2 aromatic carbocycles. The molecule has 12 heteroatoms. The summed E-state index contributed by atoms with van der Waals surface area (Å²) in [7, 11) is -3.71. The van der Waals surface area contributed by atoms with Crippen LogP contribution in [0.3, 0.4) is 0 Å². The van der Waals surface area contributed by atoms with E-state index < -0.39 is 21.8 Å². The van der Waals surface area contributed by atoms with Crippen molar-refractivity contribution in [2.45, 2.75) is 24.9 Å². The second-order valence-electron chi connectivity index (χ2n) is 8.54. The lowest BCUT2D eigenvalue weighted by Gasteiger charge is -2.36. The van der Waals surface area contributed by atoms with Crippen LogP contribution in [-0.2, 0) is 21.0 Å².